The van der Waals surface area contributed by atoms with Crippen molar-refractivity contribution in [1.82, 2.24) is 0 Å². The van der Waals surface area contributed by atoms with Crippen molar-refractivity contribution in [3.05, 3.63) is 6.42 Å². The van der Waals surface area contributed by atoms with Gasteiger partial charge in [-0.25, -0.2) is 0 Å². The molecule has 1 nitrogen and oxygen atoms in total. The van der Waals surface area contributed by atoms with Gasteiger partial charge in [0.25, 0.3) is 0 Å². The van der Waals surface area contributed by atoms with E-state index in [2.05, 4.69) is 20.3 Å². The number of ether oxygens (including phenoxy) is 1. The Kier molecular flexibility index (Phi) is 1.31. The molecule has 1 radical (unpaired) electrons. The maximum atomic E-state index is 5.58. The molecule has 2 rings (SSSR count). The van der Waals surface area contributed by atoms with E-state index in [9.17, 15) is 0 Å². The molecule has 0 spiro atoms. The van der Waals surface area contributed by atoms with Crippen LogP contribution in [0.5, 0.6) is 0 Å². The largest absolute Gasteiger partial charge is 0.366 e. The summed E-state index contributed by atoms with van der Waals surface area (Å²) in [6.45, 7) is 4.41. The Hall–Kier alpha value is -0.0400. The van der Waals surface area contributed by atoms with Crippen molar-refractivity contribution >= 4 is 0 Å². The summed E-state index contributed by atoms with van der Waals surface area (Å²) >= 11 is 0. The van der Waals surface area contributed by atoms with Gasteiger partial charge in [-0.2, -0.15) is 0 Å². The molecule has 0 aromatic heterocycles. The molecule has 1 saturated carbocycles. The molecule has 0 aromatic rings. The standard InChI is InChI=1S/C9H15O/c1-3-7-4-5-8-9(2,6-7)10-8/h3,7-8H,4-6H2,1-2H3. The molecule has 1 heteroatoms. The van der Waals surface area contributed by atoms with Gasteiger partial charge in [0, 0.05) is 0 Å². The van der Waals surface area contributed by atoms with E-state index in [-0.39, 0.29) is 5.60 Å². The Morgan fingerprint density at radius 2 is 2.30 bits per heavy atom. The number of epoxide rings is 1. The number of hydrogen-bond acceptors (Lipinski definition) is 1. The summed E-state index contributed by atoms with van der Waals surface area (Å²) in [6.07, 6.45) is 6.82. The van der Waals surface area contributed by atoms with Gasteiger partial charge in [-0.3, -0.25) is 0 Å². The van der Waals surface area contributed by atoms with Crippen molar-refractivity contribution in [3.8, 4) is 0 Å². The van der Waals surface area contributed by atoms with Crippen molar-refractivity contribution in [2.24, 2.45) is 5.92 Å². The minimum Gasteiger partial charge on any atom is -0.366 e. The van der Waals surface area contributed by atoms with Crippen molar-refractivity contribution in [2.45, 2.75) is 44.8 Å². The first-order chi connectivity index (χ1) is 4.74. The highest BCUT2D eigenvalue weighted by Gasteiger charge is 2.54. The van der Waals surface area contributed by atoms with Crippen LogP contribution >= 0.6 is 0 Å². The predicted molar refractivity (Wildman–Crippen MR) is 40.6 cm³/mol. The van der Waals surface area contributed by atoms with Crippen LogP contribution in [0.2, 0.25) is 0 Å². The highest BCUT2D eigenvalue weighted by Crippen LogP contribution is 2.49. The number of hydrogen-bond donors (Lipinski definition) is 0. The SMILES string of the molecule is C[CH]C1CCC2OC2(C)C1. The molecule has 57 valence electrons. The van der Waals surface area contributed by atoms with Gasteiger partial charge in [0.05, 0.1) is 11.7 Å². The molecular formula is C9H15O. The Labute approximate surface area is 62.8 Å². The fraction of sp³-hybridized carbons (Fsp3) is 0.889. The minimum atomic E-state index is 0.287. The molecule has 1 aliphatic heterocycles. The highest BCUT2D eigenvalue weighted by atomic mass is 16.6. The van der Waals surface area contributed by atoms with E-state index in [4.69, 9.17) is 4.74 Å². The molecule has 2 aliphatic rings. The average molecular weight is 139 g/mol. The van der Waals surface area contributed by atoms with E-state index in [0.717, 1.165) is 5.92 Å². The Morgan fingerprint density at radius 3 is 2.90 bits per heavy atom. The second kappa shape index (κ2) is 1.97. The van der Waals surface area contributed by atoms with Crippen LogP contribution in [0, 0.1) is 12.3 Å². The van der Waals surface area contributed by atoms with E-state index in [1.807, 2.05) is 0 Å². The zero-order valence-corrected chi connectivity index (χ0v) is 6.76. The van der Waals surface area contributed by atoms with Gasteiger partial charge in [-0.15, -0.1) is 0 Å². The van der Waals surface area contributed by atoms with Crippen molar-refractivity contribution < 1.29 is 4.74 Å². The maximum absolute atomic E-state index is 5.58. The molecular weight excluding hydrogens is 124 g/mol. The summed E-state index contributed by atoms with van der Waals surface area (Å²) in [4.78, 5) is 0. The smallest absolute Gasteiger partial charge is 0.0923 e. The van der Waals surface area contributed by atoms with Crippen LogP contribution in [-0.2, 0) is 4.74 Å². The van der Waals surface area contributed by atoms with Crippen molar-refractivity contribution in [1.29, 1.82) is 0 Å². The zero-order valence-electron chi connectivity index (χ0n) is 6.76. The quantitative estimate of drug-likeness (QED) is 0.507. The highest BCUT2D eigenvalue weighted by molar-refractivity contribution is 5.05. The first-order valence-electron chi connectivity index (χ1n) is 4.22. The summed E-state index contributed by atoms with van der Waals surface area (Å²) in [5, 5.41) is 0. The van der Waals surface area contributed by atoms with Crippen molar-refractivity contribution in [2.75, 3.05) is 0 Å². The molecule has 0 N–H and O–H groups in total. The minimum absolute atomic E-state index is 0.287. The second-order valence-corrected chi connectivity index (χ2v) is 3.79. The van der Waals surface area contributed by atoms with Gasteiger partial charge < -0.3 is 4.74 Å². The van der Waals surface area contributed by atoms with Crippen LogP contribution in [0.4, 0.5) is 0 Å². The lowest BCUT2D eigenvalue weighted by Crippen LogP contribution is -2.21. The van der Waals surface area contributed by atoms with E-state index in [1.165, 1.54) is 19.3 Å². The third kappa shape index (κ3) is 0.878. The van der Waals surface area contributed by atoms with Crippen LogP contribution in [-0.4, -0.2) is 11.7 Å². The van der Waals surface area contributed by atoms with Crippen LogP contribution in [0.3, 0.4) is 0 Å². The lowest BCUT2D eigenvalue weighted by molar-refractivity contribution is 0.286. The van der Waals surface area contributed by atoms with E-state index >= 15 is 0 Å². The molecule has 2 fully saturated rings. The Morgan fingerprint density at radius 1 is 1.50 bits per heavy atom. The molecule has 1 aliphatic carbocycles. The molecule has 3 unspecified atom stereocenters. The van der Waals surface area contributed by atoms with Crippen molar-refractivity contribution in [3.63, 3.8) is 0 Å². The molecule has 10 heavy (non-hydrogen) atoms. The van der Waals surface area contributed by atoms with Gasteiger partial charge in [0.15, 0.2) is 0 Å². The molecule has 0 aromatic carbocycles. The zero-order chi connectivity index (χ0) is 7.19. The Bertz CT molecular complexity index is 144. The molecule has 1 saturated heterocycles. The second-order valence-electron chi connectivity index (χ2n) is 3.79. The van der Waals surface area contributed by atoms with Gasteiger partial charge in [-0.1, -0.05) is 6.92 Å². The van der Waals surface area contributed by atoms with Crippen LogP contribution < -0.4 is 0 Å². The van der Waals surface area contributed by atoms with Gasteiger partial charge in [0.1, 0.15) is 0 Å². The first-order valence-corrected chi connectivity index (χ1v) is 4.22. The van der Waals surface area contributed by atoms with E-state index < -0.39 is 0 Å². The third-order valence-electron chi connectivity index (χ3n) is 2.97. The summed E-state index contributed by atoms with van der Waals surface area (Å²) in [5.74, 6) is 0.823. The number of fused-ring (bicyclic) bond motifs is 1. The maximum Gasteiger partial charge on any atom is 0.0923 e. The normalized spacial score (nSPS) is 52.2. The topological polar surface area (TPSA) is 12.5 Å². The number of rotatable bonds is 1. The average Bonchev–Trinajstić information content (AvgIpc) is 2.58. The Balaban J connectivity index is 1.96. The fourth-order valence-electron chi connectivity index (χ4n) is 2.11. The third-order valence-corrected chi connectivity index (χ3v) is 2.97. The van der Waals surface area contributed by atoms with Gasteiger partial charge in [0.2, 0.25) is 0 Å². The summed E-state index contributed by atoms with van der Waals surface area (Å²) < 4.78 is 5.58. The predicted octanol–water partition coefficient (Wildman–Crippen LogP) is 2.17. The fourth-order valence-corrected chi connectivity index (χ4v) is 2.11. The van der Waals surface area contributed by atoms with E-state index in [0.29, 0.717) is 6.10 Å². The van der Waals surface area contributed by atoms with Crippen LogP contribution in [0.15, 0.2) is 0 Å². The van der Waals surface area contributed by atoms with Crippen LogP contribution in [0.1, 0.15) is 33.1 Å². The molecule has 3 atom stereocenters. The lowest BCUT2D eigenvalue weighted by Gasteiger charge is -2.21. The molecule has 0 amide bonds. The van der Waals surface area contributed by atoms with E-state index in [1.54, 1.807) is 0 Å². The van der Waals surface area contributed by atoms with Gasteiger partial charge >= 0.3 is 0 Å². The first kappa shape index (κ1) is 6.66. The van der Waals surface area contributed by atoms with Crippen LogP contribution in [0.25, 0.3) is 0 Å². The van der Waals surface area contributed by atoms with Gasteiger partial charge in [-0.05, 0) is 38.5 Å². The monoisotopic (exact) mass is 139 g/mol. The molecule has 1 heterocycles. The summed E-state index contributed by atoms with van der Waals surface area (Å²) in [5.41, 5.74) is 0.287. The summed E-state index contributed by atoms with van der Waals surface area (Å²) in [7, 11) is 0. The lowest BCUT2D eigenvalue weighted by atomic mass is 9.81. The summed E-state index contributed by atoms with van der Waals surface area (Å²) in [6, 6.07) is 0. The molecule has 0 bridgehead atoms.